The van der Waals surface area contributed by atoms with Gasteiger partial charge >= 0.3 is 0 Å². The standard InChI is InChI=1S/C14H28N2/c1-14(2,3)16-11-7-10-15-9-6-4-5-8-13(15)12-16/h13H,4-12H2,1-3H3. The first kappa shape index (κ1) is 12.4. The van der Waals surface area contributed by atoms with Crippen molar-refractivity contribution in [1.82, 2.24) is 9.80 Å². The van der Waals surface area contributed by atoms with Crippen LogP contribution in [0, 0.1) is 0 Å². The van der Waals surface area contributed by atoms with Gasteiger partial charge in [-0.2, -0.15) is 0 Å². The molecule has 2 saturated heterocycles. The minimum atomic E-state index is 0.350. The first-order valence-electron chi connectivity index (χ1n) is 7.06. The highest BCUT2D eigenvalue weighted by Gasteiger charge is 2.30. The summed E-state index contributed by atoms with van der Waals surface area (Å²) in [4.78, 5) is 5.46. The van der Waals surface area contributed by atoms with E-state index in [2.05, 4.69) is 30.6 Å². The van der Waals surface area contributed by atoms with Crippen molar-refractivity contribution >= 4 is 0 Å². The lowest BCUT2D eigenvalue weighted by atomic mass is 10.0. The normalized spacial score (nSPS) is 30.6. The molecule has 1 unspecified atom stereocenters. The highest BCUT2D eigenvalue weighted by Crippen LogP contribution is 2.24. The van der Waals surface area contributed by atoms with Crippen LogP contribution in [0.2, 0.25) is 0 Å². The second kappa shape index (κ2) is 5.05. The molecule has 0 saturated carbocycles. The Labute approximate surface area is 101 Å². The second-order valence-electron chi connectivity index (χ2n) is 6.51. The van der Waals surface area contributed by atoms with Gasteiger partial charge in [-0.3, -0.25) is 9.80 Å². The molecule has 2 aliphatic heterocycles. The van der Waals surface area contributed by atoms with Gasteiger partial charge in [-0.25, -0.2) is 0 Å². The molecule has 0 bridgehead atoms. The minimum absolute atomic E-state index is 0.350. The zero-order valence-corrected chi connectivity index (χ0v) is 11.3. The van der Waals surface area contributed by atoms with Crippen molar-refractivity contribution in [3.8, 4) is 0 Å². The fourth-order valence-electron chi connectivity index (χ4n) is 3.16. The van der Waals surface area contributed by atoms with E-state index in [0.29, 0.717) is 5.54 Å². The molecule has 0 amide bonds. The zero-order chi connectivity index (χ0) is 11.6. The first-order valence-corrected chi connectivity index (χ1v) is 7.06. The van der Waals surface area contributed by atoms with Crippen LogP contribution in [0.15, 0.2) is 0 Å². The van der Waals surface area contributed by atoms with E-state index in [1.165, 1.54) is 58.3 Å². The third-order valence-electron chi connectivity index (χ3n) is 4.25. The van der Waals surface area contributed by atoms with E-state index < -0.39 is 0 Å². The second-order valence-corrected chi connectivity index (χ2v) is 6.51. The highest BCUT2D eigenvalue weighted by atomic mass is 15.3. The molecule has 0 aromatic carbocycles. The summed E-state index contributed by atoms with van der Waals surface area (Å²) < 4.78 is 0. The van der Waals surface area contributed by atoms with Gasteiger partial charge in [0, 0.05) is 18.1 Å². The number of rotatable bonds is 0. The Morgan fingerprint density at radius 3 is 2.38 bits per heavy atom. The van der Waals surface area contributed by atoms with E-state index in [4.69, 9.17) is 0 Å². The molecule has 2 aliphatic rings. The Morgan fingerprint density at radius 2 is 1.62 bits per heavy atom. The van der Waals surface area contributed by atoms with Crippen LogP contribution in [-0.2, 0) is 0 Å². The van der Waals surface area contributed by atoms with Gasteiger partial charge in [0.15, 0.2) is 0 Å². The monoisotopic (exact) mass is 224 g/mol. The Morgan fingerprint density at radius 1 is 0.875 bits per heavy atom. The Bertz CT molecular complexity index is 219. The average molecular weight is 224 g/mol. The van der Waals surface area contributed by atoms with Crippen LogP contribution in [-0.4, -0.2) is 47.6 Å². The lowest BCUT2D eigenvalue weighted by Gasteiger charge is -2.37. The van der Waals surface area contributed by atoms with Gasteiger partial charge in [-0.15, -0.1) is 0 Å². The fraction of sp³-hybridized carbons (Fsp3) is 1.00. The molecule has 0 aromatic heterocycles. The highest BCUT2D eigenvalue weighted by molar-refractivity contribution is 4.87. The number of hydrogen-bond donors (Lipinski definition) is 0. The summed E-state index contributed by atoms with van der Waals surface area (Å²) in [6.45, 7) is 12.3. The zero-order valence-electron chi connectivity index (χ0n) is 11.3. The van der Waals surface area contributed by atoms with E-state index in [1.54, 1.807) is 0 Å². The summed E-state index contributed by atoms with van der Waals surface area (Å²) >= 11 is 0. The molecule has 16 heavy (non-hydrogen) atoms. The van der Waals surface area contributed by atoms with Crippen LogP contribution in [0.4, 0.5) is 0 Å². The van der Waals surface area contributed by atoms with Crippen molar-refractivity contribution < 1.29 is 0 Å². The molecule has 0 radical (unpaired) electrons. The Balaban J connectivity index is 2.03. The molecule has 0 aromatic rings. The van der Waals surface area contributed by atoms with Crippen LogP contribution in [0.3, 0.4) is 0 Å². The van der Waals surface area contributed by atoms with Crippen molar-refractivity contribution in [2.24, 2.45) is 0 Å². The molecule has 2 heterocycles. The number of nitrogens with zero attached hydrogens (tertiary/aromatic N) is 2. The predicted molar refractivity (Wildman–Crippen MR) is 69.8 cm³/mol. The van der Waals surface area contributed by atoms with Crippen molar-refractivity contribution in [2.75, 3.05) is 26.2 Å². The largest absolute Gasteiger partial charge is 0.299 e. The van der Waals surface area contributed by atoms with Crippen LogP contribution >= 0.6 is 0 Å². The molecule has 0 aliphatic carbocycles. The summed E-state index contributed by atoms with van der Waals surface area (Å²) in [5.74, 6) is 0. The summed E-state index contributed by atoms with van der Waals surface area (Å²) in [6.07, 6.45) is 7.09. The summed E-state index contributed by atoms with van der Waals surface area (Å²) in [5.41, 5.74) is 0.350. The van der Waals surface area contributed by atoms with Gasteiger partial charge < -0.3 is 0 Å². The molecule has 1 atom stereocenters. The topological polar surface area (TPSA) is 6.48 Å². The van der Waals surface area contributed by atoms with Crippen molar-refractivity contribution in [3.05, 3.63) is 0 Å². The van der Waals surface area contributed by atoms with Gasteiger partial charge in [0.05, 0.1) is 0 Å². The van der Waals surface area contributed by atoms with Crippen molar-refractivity contribution in [3.63, 3.8) is 0 Å². The molecule has 2 nitrogen and oxygen atoms in total. The Hall–Kier alpha value is -0.0800. The molecule has 0 N–H and O–H groups in total. The smallest absolute Gasteiger partial charge is 0.0223 e. The molecule has 0 spiro atoms. The van der Waals surface area contributed by atoms with Gasteiger partial charge in [0.2, 0.25) is 0 Å². The lowest BCUT2D eigenvalue weighted by Crippen LogP contribution is -2.47. The van der Waals surface area contributed by atoms with Crippen LogP contribution in [0.25, 0.3) is 0 Å². The molecular weight excluding hydrogens is 196 g/mol. The SMILES string of the molecule is CC(C)(C)N1CCCN2CCCCCC2C1. The molecule has 2 heteroatoms. The molecule has 2 fully saturated rings. The van der Waals surface area contributed by atoms with Gasteiger partial charge in [0.1, 0.15) is 0 Å². The van der Waals surface area contributed by atoms with E-state index in [1.807, 2.05) is 0 Å². The number of hydrogen-bond acceptors (Lipinski definition) is 2. The molecule has 94 valence electrons. The van der Waals surface area contributed by atoms with E-state index >= 15 is 0 Å². The minimum Gasteiger partial charge on any atom is -0.299 e. The third-order valence-corrected chi connectivity index (χ3v) is 4.25. The van der Waals surface area contributed by atoms with Gasteiger partial charge in [-0.1, -0.05) is 12.8 Å². The predicted octanol–water partition coefficient (Wildman–Crippen LogP) is 2.74. The lowest BCUT2D eigenvalue weighted by molar-refractivity contribution is 0.111. The summed E-state index contributed by atoms with van der Waals surface area (Å²) in [7, 11) is 0. The maximum absolute atomic E-state index is 2.76. The van der Waals surface area contributed by atoms with Gasteiger partial charge in [0.25, 0.3) is 0 Å². The summed E-state index contributed by atoms with van der Waals surface area (Å²) in [6, 6.07) is 0.837. The van der Waals surface area contributed by atoms with Crippen LogP contribution in [0.1, 0.15) is 52.9 Å². The fourth-order valence-corrected chi connectivity index (χ4v) is 3.16. The van der Waals surface area contributed by atoms with Crippen LogP contribution < -0.4 is 0 Å². The average Bonchev–Trinajstić information content (AvgIpc) is 2.49. The number of fused-ring (bicyclic) bond motifs is 1. The Kier molecular flexibility index (Phi) is 3.91. The summed E-state index contributed by atoms with van der Waals surface area (Å²) in [5, 5.41) is 0. The van der Waals surface area contributed by atoms with E-state index in [9.17, 15) is 0 Å². The molecule has 2 rings (SSSR count). The van der Waals surface area contributed by atoms with Gasteiger partial charge in [-0.05, 0) is 59.7 Å². The van der Waals surface area contributed by atoms with Crippen molar-refractivity contribution in [2.45, 2.75) is 64.5 Å². The van der Waals surface area contributed by atoms with E-state index in [0.717, 1.165) is 6.04 Å². The quantitative estimate of drug-likeness (QED) is 0.624. The maximum Gasteiger partial charge on any atom is 0.0223 e. The first-order chi connectivity index (χ1) is 7.57. The van der Waals surface area contributed by atoms with Crippen LogP contribution in [0.5, 0.6) is 0 Å². The van der Waals surface area contributed by atoms with E-state index in [-0.39, 0.29) is 0 Å². The third kappa shape index (κ3) is 2.98. The maximum atomic E-state index is 2.76. The molecular formula is C14H28N2. The van der Waals surface area contributed by atoms with Crippen molar-refractivity contribution in [1.29, 1.82) is 0 Å².